The van der Waals surface area contributed by atoms with Gasteiger partial charge >= 0.3 is 0 Å². The lowest BCUT2D eigenvalue weighted by atomic mass is 10.1. The van der Waals surface area contributed by atoms with E-state index < -0.39 is 17.2 Å². The molecule has 1 aromatic heterocycles. The largest absolute Gasteiger partial charge is 0.504 e. The minimum absolute atomic E-state index is 0.222. The molecule has 0 atom stereocenters. The fraction of sp³-hybridized carbons (Fsp3) is 0.185. The number of methoxy groups -OCH3 is 3. The number of rotatable bonds is 9. The lowest BCUT2D eigenvalue weighted by Crippen LogP contribution is -2.13. The number of hydrogen-bond donors (Lipinski definition) is 3. The molecule has 3 aromatic carbocycles. The van der Waals surface area contributed by atoms with Crippen LogP contribution in [0.4, 0.5) is 0 Å². The van der Waals surface area contributed by atoms with Gasteiger partial charge in [-0.15, -0.1) is 11.3 Å². The number of phenolic OH excluding ortho intramolecular Hbond substituents is 3. The van der Waals surface area contributed by atoms with E-state index in [9.17, 15) is 15.3 Å². The highest BCUT2D eigenvalue weighted by Gasteiger charge is 2.17. The third-order valence-electron chi connectivity index (χ3n) is 5.61. The SMILES string of the molecule is COc1cc(-c2csc(=NCCc3ccccc3)n2N=Cc2ccc(O)c(O)c2O)cc(OC)c1OC. The van der Waals surface area contributed by atoms with Crippen LogP contribution in [0.15, 0.2) is 70.1 Å². The summed E-state index contributed by atoms with van der Waals surface area (Å²) >= 11 is 1.41. The maximum Gasteiger partial charge on any atom is 0.206 e. The van der Waals surface area contributed by atoms with Crippen molar-refractivity contribution in [2.24, 2.45) is 10.1 Å². The van der Waals surface area contributed by atoms with Crippen molar-refractivity contribution in [3.63, 3.8) is 0 Å². The molecule has 0 aliphatic carbocycles. The summed E-state index contributed by atoms with van der Waals surface area (Å²) in [6.45, 7) is 0.542. The molecular formula is C27H27N3O6S. The number of aromatic nitrogens is 1. The minimum Gasteiger partial charge on any atom is -0.504 e. The molecule has 4 aromatic rings. The standard InChI is InChI=1S/C27H27N3O6S/c1-34-22-13-19(14-23(35-2)26(22)36-3)20-16-37-27(28-12-11-17-7-5-4-6-8-17)30(20)29-15-18-9-10-21(31)25(33)24(18)32/h4-10,13-16,31-33H,11-12H2,1-3H3. The molecule has 0 spiro atoms. The Labute approximate surface area is 217 Å². The third-order valence-corrected chi connectivity index (χ3v) is 6.46. The Bertz CT molecular complexity index is 1450. The van der Waals surface area contributed by atoms with E-state index in [1.165, 1.54) is 35.2 Å². The second-order valence-corrected chi connectivity index (χ2v) is 8.70. The summed E-state index contributed by atoms with van der Waals surface area (Å²) in [6, 6.07) is 16.4. The molecule has 1 heterocycles. The van der Waals surface area contributed by atoms with Crippen LogP contribution in [0.2, 0.25) is 0 Å². The molecule has 0 bridgehead atoms. The van der Waals surface area contributed by atoms with Gasteiger partial charge in [0.15, 0.2) is 23.0 Å². The van der Waals surface area contributed by atoms with Gasteiger partial charge in [-0.2, -0.15) is 5.10 Å². The topological polar surface area (TPSA) is 118 Å². The van der Waals surface area contributed by atoms with E-state index in [0.29, 0.717) is 34.3 Å². The van der Waals surface area contributed by atoms with E-state index in [2.05, 4.69) is 17.2 Å². The van der Waals surface area contributed by atoms with Crippen LogP contribution in [-0.2, 0) is 6.42 Å². The molecule has 0 unspecified atom stereocenters. The Morgan fingerprint density at radius 1 is 0.892 bits per heavy atom. The Morgan fingerprint density at radius 2 is 1.59 bits per heavy atom. The quantitative estimate of drug-likeness (QED) is 0.222. The Kier molecular flexibility index (Phi) is 7.99. The molecule has 4 rings (SSSR count). The van der Waals surface area contributed by atoms with Gasteiger partial charge in [0, 0.05) is 23.1 Å². The second kappa shape index (κ2) is 11.5. The van der Waals surface area contributed by atoms with E-state index in [-0.39, 0.29) is 5.56 Å². The zero-order valence-electron chi connectivity index (χ0n) is 20.6. The highest BCUT2D eigenvalue weighted by atomic mass is 32.1. The Morgan fingerprint density at radius 3 is 2.24 bits per heavy atom. The van der Waals surface area contributed by atoms with E-state index in [1.54, 1.807) is 26.0 Å². The van der Waals surface area contributed by atoms with Crippen LogP contribution in [0.5, 0.6) is 34.5 Å². The first-order chi connectivity index (χ1) is 18.0. The normalized spacial score (nSPS) is 11.7. The van der Waals surface area contributed by atoms with Gasteiger partial charge in [0.25, 0.3) is 0 Å². The monoisotopic (exact) mass is 521 g/mol. The maximum absolute atomic E-state index is 10.2. The van der Waals surface area contributed by atoms with Gasteiger partial charge in [-0.05, 0) is 36.2 Å². The molecular weight excluding hydrogens is 494 g/mol. The molecule has 0 saturated heterocycles. The second-order valence-electron chi connectivity index (χ2n) is 7.86. The number of ether oxygens (including phenoxy) is 3. The van der Waals surface area contributed by atoms with E-state index in [1.807, 2.05) is 35.7 Å². The zero-order chi connectivity index (χ0) is 26.4. The summed E-state index contributed by atoms with van der Waals surface area (Å²) < 4.78 is 18.1. The van der Waals surface area contributed by atoms with E-state index in [0.717, 1.165) is 12.0 Å². The van der Waals surface area contributed by atoms with Crippen molar-refractivity contribution in [1.82, 2.24) is 4.68 Å². The number of benzene rings is 3. The van der Waals surface area contributed by atoms with Gasteiger partial charge in [-0.1, -0.05) is 30.3 Å². The fourth-order valence-electron chi connectivity index (χ4n) is 3.68. The van der Waals surface area contributed by atoms with Gasteiger partial charge in [0.1, 0.15) is 0 Å². The summed E-state index contributed by atoms with van der Waals surface area (Å²) in [6.07, 6.45) is 2.15. The van der Waals surface area contributed by atoms with Crippen LogP contribution < -0.4 is 19.0 Å². The summed E-state index contributed by atoms with van der Waals surface area (Å²) in [5.41, 5.74) is 2.83. The van der Waals surface area contributed by atoms with Crippen LogP contribution in [0.3, 0.4) is 0 Å². The predicted molar refractivity (Wildman–Crippen MR) is 142 cm³/mol. The zero-order valence-corrected chi connectivity index (χ0v) is 21.4. The van der Waals surface area contributed by atoms with Crippen molar-refractivity contribution in [3.05, 3.63) is 75.9 Å². The van der Waals surface area contributed by atoms with Crippen molar-refractivity contribution in [2.45, 2.75) is 6.42 Å². The minimum atomic E-state index is -0.614. The average Bonchev–Trinajstić information content (AvgIpc) is 3.33. The molecule has 9 nitrogen and oxygen atoms in total. The van der Waals surface area contributed by atoms with Crippen LogP contribution in [-0.4, -0.2) is 54.1 Å². The van der Waals surface area contributed by atoms with Gasteiger partial charge in [0.2, 0.25) is 16.3 Å². The summed E-state index contributed by atoms with van der Waals surface area (Å²) in [7, 11) is 4.63. The van der Waals surface area contributed by atoms with Crippen LogP contribution in [0.25, 0.3) is 11.3 Å². The Hall–Kier alpha value is -4.44. The van der Waals surface area contributed by atoms with Crippen LogP contribution in [0, 0.1) is 0 Å². The van der Waals surface area contributed by atoms with E-state index in [4.69, 9.17) is 19.2 Å². The molecule has 37 heavy (non-hydrogen) atoms. The predicted octanol–water partition coefficient (Wildman–Crippen LogP) is 4.38. The first-order valence-electron chi connectivity index (χ1n) is 11.3. The first-order valence-corrected chi connectivity index (χ1v) is 12.2. The molecule has 0 aliphatic rings. The van der Waals surface area contributed by atoms with Crippen molar-refractivity contribution in [1.29, 1.82) is 0 Å². The number of hydrogen-bond acceptors (Lipinski definition) is 9. The molecule has 0 radical (unpaired) electrons. The average molecular weight is 522 g/mol. The number of thiazole rings is 1. The molecule has 10 heteroatoms. The molecule has 192 valence electrons. The molecule has 0 saturated carbocycles. The van der Waals surface area contributed by atoms with Crippen molar-refractivity contribution in [3.8, 4) is 45.8 Å². The number of aromatic hydroxyl groups is 3. The third kappa shape index (κ3) is 5.54. The molecule has 0 fully saturated rings. The van der Waals surface area contributed by atoms with E-state index >= 15 is 0 Å². The van der Waals surface area contributed by atoms with Gasteiger partial charge in [-0.3, -0.25) is 4.99 Å². The van der Waals surface area contributed by atoms with Gasteiger partial charge in [0.05, 0.1) is 33.2 Å². The van der Waals surface area contributed by atoms with Crippen molar-refractivity contribution in [2.75, 3.05) is 27.9 Å². The highest BCUT2D eigenvalue weighted by molar-refractivity contribution is 7.07. The Balaban J connectivity index is 1.81. The highest BCUT2D eigenvalue weighted by Crippen LogP contribution is 2.41. The maximum atomic E-state index is 10.2. The lowest BCUT2D eigenvalue weighted by Gasteiger charge is -2.14. The molecule has 0 amide bonds. The fourth-order valence-corrected chi connectivity index (χ4v) is 4.54. The molecule has 3 N–H and O–H groups in total. The van der Waals surface area contributed by atoms with Gasteiger partial charge < -0.3 is 29.5 Å². The van der Waals surface area contributed by atoms with Gasteiger partial charge in [-0.25, -0.2) is 4.68 Å². The number of nitrogens with zero attached hydrogens (tertiary/aromatic N) is 3. The van der Waals surface area contributed by atoms with Crippen LogP contribution >= 0.6 is 11.3 Å². The lowest BCUT2D eigenvalue weighted by molar-refractivity contribution is 0.324. The summed E-state index contributed by atoms with van der Waals surface area (Å²) in [4.78, 5) is 5.39. The number of phenols is 3. The van der Waals surface area contributed by atoms with Crippen molar-refractivity contribution >= 4 is 17.6 Å². The molecule has 0 aliphatic heterocycles. The summed E-state index contributed by atoms with van der Waals surface area (Å²) in [5.74, 6) is -0.0679. The van der Waals surface area contributed by atoms with Crippen molar-refractivity contribution < 1.29 is 29.5 Å². The van der Waals surface area contributed by atoms with Crippen LogP contribution in [0.1, 0.15) is 11.1 Å². The summed E-state index contributed by atoms with van der Waals surface area (Å²) in [5, 5.41) is 36.3. The first kappa shape index (κ1) is 25.6. The smallest absolute Gasteiger partial charge is 0.206 e.